The van der Waals surface area contributed by atoms with E-state index in [1.165, 1.54) is 0 Å². The molecule has 0 aromatic heterocycles. The summed E-state index contributed by atoms with van der Waals surface area (Å²) in [5, 5.41) is 0. The predicted octanol–water partition coefficient (Wildman–Crippen LogP) is 1.67. The Bertz CT molecular complexity index is 228. The van der Waals surface area contributed by atoms with E-state index in [0.717, 1.165) is 25.9 Å². The second kappa shape index (κ2) is 8.06. The van der Waals surface area contributed by atoms with E-state index >= 15 is 0 Å². The maximum Gasteiger partial charge on any atom is 0.248 e. The zero-order valence-electron chi connectivity index (χ0n) is 10.7. The first-order valence-corrected chi connectivity index (χ1v) is 7.05. The summed E-state index contributed by atoms with van der Waals surface area (Å²) < 4.78 is 10.1. The van der Waals surface area contributed by atoms with Gasteiger partial charge in [0, 0.05) is 25.0 Å². The number of nitrogens with zero attached hydrogens (tertiary/aromatic N) is 1. The van der Waals surface area contributed by atoms with Crippen LogP contribution in [0.1, 0.15) is 19.8 Å². The van der Waals surface area contributed by atoms with Crippen LogP contribution in [0.2, 0.25) is 0 Å². The molecule has 1 atom stereocenters. The molecule has 0 spiro atoms. The highest BCUT2D eigenvalue weighted by Gasteiger charge is 2.24. The van der Waals surface area contributed by atoms with Gasteiger partial charge in [-0.2, -0.15) is 0 Å². The third-order valence-electron chi connectivity index (χ3n) is 3.20. The molecule has 17 heavy (non-hydrogen) atoms. The van der Waals surface area contributed by atoms with Crippen molar-refractivity contribution in [2.75, 3.05) is 40.0 Å². The number of rotatable bonds is 6. The summed E-state index contributed by atoms with van der Waals surface area (Å²) in [5.74, 6) is 0.787. The molecule has 4 nitrogen and oxygen atoms in total. The summed E-state index contributed by atoms with van der Waals surface area (Å²) in [6.45, 7) is 5.08. The highest BCUT2D eigenvalue weighted by atomic mass is 79.9. The molecule has 1 saturated heterocycles. The van der Waals surface area contributed by atoms with E-state index in [1.54, 1.807) is 7.11 Å². The van der Waals surface area contributed by atoms with E-state index < -0.39 is 0 Å². The van der Waals surface area contributed by atoms with E-state index in [0.29, 0.717) is 24.0 Å². The number of methoxy groups -OCH3 is 1. The lowest BCUT2D eigenvalue weighted by Gasteiger charge is -2.33. The van der Waals surface area contributed by atoms with Crippen molar-refractivity contribution in [2.24, 2.45) is 5.92 Å². The lowest BCUT2D eigenvalue weighted by molar-refractivity contribution is -0.137. The van der Waals surface area contributed by atoms with Crippen LogP contribution in [0.4, 0.5) is 0 Å². The van der Waals surface area contributed by atoms with Gasteiger partial charge in [0.2, 0.25) is 5.91 Å². The minimum absolute atomic E-state index is 0.0989. The van der Waals surface area contributed by atoms with E-state index in [4.69, 9.17) is 9.47 Å². The monoisotopic (exact) mass is 307 g/mol. The van der Waals surface area contributed by atoms with Crippen LogP contribution in [0.3, 0.4) is 0 Å². The summed E-state index contributed by atoms with van der Waals surface area (Å²) >= 11 is 3.61. The highest BCUT2D eigenvalue weighted by Crippen LogP contribution is 2.24. The third kappa shape index (κ3) is 5.36. The Hall–Kier alpha value is -0.130. The molecule has 1 aliphatic heterocycles. The van der Waals surface area contributed by atoms with E-state index in [1.807, 2.05) is 4.90 Å². The molecule has 1 aliphatic rings. The molecule has 1 rings (SSSR count). The van der Waals surface area contributed by atoms with Crippen LogP contribution >= 0.6 is 15.9 Å². The summed E-state index contributed by atoms with van der Waals surface area (Å²) in [5.41, 5.74) is 0. The van der Waals surface area contributed by atoms with E-state index in [-0.39, 0.29) is 12.5 Å². The molecule has 0 aromatic carbocycles. The number of carbonyl (C=O) groups excluding carboxylic acids is 1. The van der Waals surface area contributed by atoms with Crippen molar-refractivity contribution in [1.82, 2.24) is 4.90 Å². The quantitative estimate of drug-likeness (QED) is 0.553. The number of halogens is 1. The molecule has 1 fully saturated rings. The van der Waals surface area contributed by atoms with Gasteiger partial charge in [-0.05, 0) is 18.8 Å². The Balaban J connectivity index is 2.17. The molecular weight excluding hydrogens is 286 g/mol. The van der Waals surface area contributed by atoms with Gasteiger partial charge in [0.25, 0.3) is 0 Å². The highest BCUT2D eigenvalue weighted by molar-refractivity contribution is 9.09. The molecule has 0 bridgehead atoms. The number of carbonyl (C=O) groups is 1. The minimum Gasteiger partial charge on any atom is -0.382 e. The van der Waals surface area contributed by atoms with Crippen LogP contribution in [0.15, 0.2) is 0 Å². The van der Waals surface area contributed by atoms with Crippen LogP contribution in [0.5, 0.6) is 0 Å². The van der Waals surface area contributed by atoms with Crippen molar-refractivity contribution >= 4 is 21.8 Å². The van der Waals surface area contributed by atoms with Crippen molar-refractivity contribution in [3.8, 4) is 0 Å². The topological polar surface area (TPSA) is 38.8 Å². The largest absolute Gasteiger partial charge is 0.382 e. The Morgan fingerprint density at radius 3 is 2.59 bits per heavy atom. The number of likely N-dealkylation sites (tertiary alicyclic amines) is 1. The molecule has 0 aliphatic carbocycles. The maximum atomic E-state index is 11.8. The van der Waals surface area contributed by atoms with Crippen LogP contribution in [0, 0.1) is 5.92 Å². The number of alkyl halides is 1. The van der Waals surface area contributed by atoms with Crippen molar-refractivity contribution in [3.05, 3.63) is 0 Å². The first-order valence-electron chi connectivity index (χ1n) is 6.13. The minimum atomic E-state index is 0.0989. The van der Waals surface area contributed by atoms with E-state index in [9.17, 15) is 4.79 Å². The SMILES string of the molecule is COCCOCC(=O)N1CCC(C(C)Br)CC1. The van der Waals surface area contributed by atoms with Crippen molar-refractivity contribution in [2.45, 2.75) is 24.6 Å². The molecule has 0 aromatic rings. The van der Waals surface area contributed by atoms with Crippen molar-refractivity contribution in [1.29, 1.82) is 0 Å². The maximum absolute atomic E-state index is 11.8. The van der Waals surface area contributed by atoms with Crippen molar-refractivity contribution < 1.29 is 14.3 Å². The fraction of sp³-hybridized carbons (Fsp3) is 0.917. The van der Waals surface area contributed by atoms with Gasteiger partial charge < -0.3 is 14.4 Å². The fourth-order valence-corrected chi connectivity index (χ4v) is 2.53. The molecule has 100 valence electrons. The number of piperidine rings is 1. The number of amides is 1. The van der Waals surface area contributed by atoms with Crippen molar-refractivity contribution in [3.63, 3.8) is 0 Å². The van der Waals surface area contributed by atoms with Gasteiger partial charge in [0.05, 0.1) is 13.2 Å². The van der Waals surface area contributed by atoms with Crippen LogP contribution in [-0.4, -0.2) is 55.7 Å². The lowest BCUT2D eigenvalue weighted by Crippen LogP contribution is -2.41. The van der Waals surface area contributed by atoms with Crippen LogP contribution in [-0.2, 0) is 14.3 Å². The van der Waals surface area contributed by atoms with Gasteiger partial charge in [-0.1, -0.05) is 22.9 Å². The molecule has 1 amide bonds. The lowest BCUT2D eigenvalue weighted by atomic mass is 9.94. The Morgan fingerprint density at radius 2 is 2.06 bits per heavy atom. The smallest absolute Gasteiger partial charge is 0.248 e. The zero-order chi connectivity index (χ0) is 12.7. The number of ether oxygens (including phenoxy) is 2. The molecular formula is C12H22BrNO3. The summed E-state index contributed by atoms with van der Waals surface area (Å²) in [6.07, 6.45) is 2.16. The van der Waals surface area contributed by atoms with Gasteiger partial charge >= 0.3 is 0 Å². The molecule has 0 N–H and O–H groups in total. The van der Waals surface area contributed by atoms with Gasteiger partial charge in [-0.25, -0.2) is 0 Å². The first kappa shape index (κ1) is 14.9. The van der Waals surface area contributed by atoms with E-state index in [2.05, 4.69) is 22.9 Å². The number of hydrogen-bond donors (Lipinski definition) is 0. The second-order valence-electron chi connectivity index (χ2n) is 4.44. The average molecular weight is 308 g/mol. The molecule has 0 radical (unpaired) electrons. The van der Waals surface area contributed by atoms with Crippen LogP contribution < -0.4 is 0 Å². The Morgan fingerprint density at radius 1 is 1.41 bits per heavy atom. The van der Waals surface area contributed by atoms with Gasteiger partial charge in [-0.15, -0.1) is 0 Å². The van der Waals surface area contributed by atoms with Crippen LogP contribution in [0.25, 0.3) is 0 Å². The van der Waals surface area contributed by atoms with Gasteiger partial charge in [0.1, 0.15) is 6.61 Å². The summed E-state index contributed by atoms with van der Waals surface area (Å²) in [7, 11) is 1.62. The summed E-state index contributed by atoms with van der Waals surface area (Å²) in [6, 6.07) is 0. The molecule has 1 unspecified atom stereocenters. The average Bonchev–Trinajstić information content (AvgIpc) is 2.34. The second-order valence-corrected chi connectivity index (χ2v) is 5.89. The van der Waals surface area contributed by atoms with Gasteiger partial charge in [-0.3, -0.25) is 4.79 Å². The Labute approximate surface area is 112 Å². The third-order valence-corrected chi connectivity index (χ3v) is 3.95. The summed E-state index contributed by atoms with van der Waals surface area (Å²) in [4.78, 5) is 14.2. The standard InChI is InChI=1S/C12H22BrNO3/c1-10(13)11-3-5-14(6-4-11)12(15)9-17-8-7-16-2/h10-11H,3-9H2,1-2H3. The fourth-order valence-electron chi connectivity index (χ4n) is 2.00. The Kier molecular flexibility index (Phi) is 7.08. The first-order chi connectivity index (χ1) is 8.15. The molecule has 1 heterocycles. The van der Waals surface area contributed by atoms with Gasteiger partial charge in [0.15, 0.2) is 0 Å². The molecule has 0 saturated carbocycles. The zero-order valence-corrected chi connectivity index (χ0v) is 12.2. The normalized spacial score (nSPS) is 19.4. The predicted molar refractivity (Wildman–Crippen MR) is 70.4 cm³/mol. The molecule has 5 heteroatoms. The number of hydrogen-bond acceptors (Lipinski definition) is 3.